The summed E-state index contributed by atoms with van der Waals surface area (Å²) in [5.74, 6) is 0. The second-order valence-electron chi connectivity index (χ2n) is 12.1. The molecule has 0 atom stereocenters. The molecule has 0 fully saturated rings. The molecule has 0 amide bonds. The highest BCUT2D eigenvalue weighted by Crippen LogP contribution is 2.48. The van der Waals surface area contributed by atoms with Gasteiger partial charge in [-0.25, -0.2) is 0 Å². The van der Waals surface area contributed by atoms with Crippen molar-refractivity contribution in [2.24, 2.45) is 0 Å². The van der Waals surface area contributed by atoms with E-state index in [-0.39, 0.29) is 6.85 Å². The number of nitrogens with zero attached hydrogens (tertiary/aromatic N) is 2. The van der Waals surface area contributed by atoms with E-state index in [1.165, 1.54) is 66.1 Å². The van der Waals surface area contributed by atoms with Crippen molar-refractivity contribution in [2.45, 2.75) is 0 Å². The van der Waals surface area contributed by atoms with Crippen LogP contribution in [-0.4, -0.2) is 11.3 Å². The average molecular weight is 571 g/mol. The van der Waals surface area contributed by atoms with Gasteiger partial charge in [-0.2, -0.15) is 0 Å². The Hall–Kier alpha value is -5.80. The van der Waals surface area contributed by atoms with Crippen LogP contribution in [0.1, 0.15) is 0 Å². The Labute approximate surface area is 262 Å². The van der Waals surface area contributed by atoms with Gasteiger partial charge in [0.05, 0.1) is 0 Å². The molecule has 208 valence electrons. The lowest BCUT2D eigenvalue weighted by Crippen LogP contribution is -2.53. The Morgan fingerprint density at radius 1 is 0.378 bits per heavy atom. The van der Waals surface area contributed by atoms with Gasteiger partial charge in [0.25, 0.3) is 0 Å². The first-order valence-corrected chi connectivity index (χ1v) is 15.6. The molecule has 7 aromatic carbocycles. The van der Waals surface area contributed by atoms with E-state index in [4.69, 9.17) is 0 Å². The molecule has 0 radical (unpaired) electrons. The largest absolute Gasteiger partial charge is 0.375 e. The zero-order valence-corrected chi connectivity index (χ0v) is 24.6. The van der Waals surface area contributed by atoms with Gasteiger partial charge in [0.1, 0.15) is 0 Å². The summed E-state index contributed by atoms with van der Waals surface area (Å²) in [6.07, 6.45) is 0. The van der Waals surface area contributed by atoms with Gasteiger partial charge in [-0.15, -0.1) is 0 Å². The summed E-state index contributed by atoms with van der Waals surface area (Å²) in [7, 11) is 0. The van der Waals surface area contributed by atoms with Gasteiger partial charge >= 0.3 is 6.85 Å². The maximum absolute atomic E-state index is 2.65. The van der Waals surface area contributed by atoms with Gasteiger partial charge in [-0.3, -0.25) is 0 Å². The lowest BCUT2D eigenvalue weighted by Gasteiger charge is -2.33. The van der Waals surface area contributed by atoms with Crippen LogP contribution in [0.3, 0.4) is 0 Å². The van der Waals surface area contributed by atoms with Crippen LogP contribution in [0.5, 0.6) is 0 Å². The Kier molecular flexibility index (Phi) is 5.12. The third-order valence-corrected chi connectivity index (χ3v) is 9.72. The first-order valence-electron chi connectivity index (χ1n) is 15.6. The third-order valence-electron chi connectivity index (χ3n) is 9.72. The van der Waals surface area contributed by atoms with Crippen molar-refractivity contribution in [1.29, 1.82) is 0 Å². The van der Waals surface area contributed by atoms with Crippen LogP contribution < -0.4 is 15.8 Å². The second-order valence-corrected chi connectivity index (χ2v) is 12.1. The highest BCUT2D eigenvalue weighted by Gasteiger charge is 2.39. The number of anilines is 3. The van der Waals surface area contributed by atoms with Crippen molar-refractivity contribution in [3.8, 4) is 33.4 Å². The van der Waals surface area contributed by atoms with Gasteiger partial charge < -0.3 is 9.38 Å². The molecule has 0 saturated heterocycles. The van der Waals surface area contributed by atoms with Crippen LogP contribution in [0.4, 0.5) is 17.1 Å². The summed E-state index contributed by atoms with van der Waals surface area (Å²) in [4.78, 5) is 2.39. The molecular weight excluding hydrogens is 543 g/mol. The summed E-state index contributed by atoms with van der Waals surface area (Å²) in [5.41, 5.74) is 16.5. The maximum atomic E-state index is 2.65. The van der Waals surface area contributed by atoms with Crippen LogP contribution in [0, 0.1) is 0 Å². The highest BCUT2D eigenvalue weighted by atomic mass is 15.1. The Bertz CT molecular complexity index is 2390. The lowest BCUT2D eigenvalue weighted by molar-refractivity contribution is 1.28. The van der Waals surface area contributed by atoms with Crippen molar-refractivity contribution in [3.63, 3.8) is 0 Å². The standard InChI is InChI=1S/C42H27BN2/c1-4-14-28(15-5-1)29-24-35-33-20-10-12-22-39(33)43-40-23-13-11-21-34(40)37-26-32(27-38-36(25-29)41(35)45(43)42(37)38)44(30-16-6-2-7-17-30)31-18-8-3-9-19-31/h1-27H. The van der Waals surface area contributed by atoms with Gasteiger partial charge in [0, 0.05) is 50.0 Å². The quantitative estimate of drug-likeness (QED) is 0.191. The minimum absolute atomic E-state index is 0.130. The molecule has 0 aliphatic carbocycles. The summed E-state index contributed by atoms with van der Waals surface area (Å²) >= 11 is 0. The van der Waals surface area contributed by atoms with Crippen LogP contribution in [0.25, 0.3) is 55.2 Å². The molecule has 0 bridgehead atoms. The van der Waals surface area contributed by atoms with E-state index in [0.717, 1.165) is 17.1 Å². The maximum Gasteiger partial charge on any atom is 0.329 e. The zero-order chi connectivity index (χ0) is 29.5. The molecule has 45 heavy (non-hydrogen) atoms. The van der Waals surface area contributed by atoms with E-state index in [0.29, 0.717) is 0 Å². The molecule has 0 spiro atoms. The molecule has 10 rings (SSSR count). The minimum Gasteiger partial charge on any atom is -0.375 e. The fourth-order valence-corrected chi connectivity index (χ4v) is 7.90. The Balaban J connectivity index is 1.38. The molecule has 0 N–H and O–H groups in total. The molecule has 2 nitrogen and oxygen atoms in total. The van der Waals surface area contributed by atoms with Gasteiger partial charge in [-0.1, -0.05) is 115 Å². The average Bonchev–Trinajstić information content (AvgIpc) is 3.44. The smallest absolute Gasteiger partial charge is 0.329 e. The second kappa shape index (κ2) is 9.35. The molecule has 3 heterocycles. The van der Waals surface area contributed by atoms with Gasteiger partial charge in [0.2, 0.25) is 0 Å². The number of rotatable bonds is 4. The topological polar surface area (TPSA) is 8.17 Å². The lowest BCUT2D eigenvalue weighted by atomic mass is 9.45. The Morgan fingerprint density at radius 3 is 1.47 bits per heavy atom. The van der Waals surface area contributed by atoms with E-state index in [9.17, 15) is 0 Å². The fourth-order valence-electron chi connectivity index (χ4n) is 7.90. The van der Waals surface area contributed by atoms with Crippen molar-refractivity contribution in [2.75, 3.05) is 4.90 Å². The summed E-state index contributed by atoms with van der Waals surface area (Å²) in [6, 6.07) is 60.0. The third kappa shape index (κ3) is 3.47. The van der Waals surface area contributed by atoms with Gasteiger partial charge in [-0.05, 0) is 81.7 Å². The zero-order valence-electron chi connectivity index (χ0n) is 24.6. The number of para-hydroxylation sites is 2. The van der Waals surface area contributed by atoms with Crippen molar-refractivity contribution >= 4 is 56.6 Å². The van der Waals surface area contributed by atoms with Crippen LogP contribution in [0.2, 0.25) is 0 Å². The van der Waals surface area contributed by atoms with E-state index in [1.54, 1.807) is 0 Å². The molecule has 0 unspecified atom stereocenters. The monoisotopic (exact) mass is 570 g/mol. The minimum atomic E-state index is 0.130. The van der Waals surface area contributed by atoms with E-state index >= 15 is 0 Å². The first-order chi connectivity index (χ1) is 22.3. The Morgan fingerprint density at radius 2 is 0.867 bits per heavy atom. The van der Waals surface area contributed by atoms with Crippen LogP contribution in [-0.2, 0) is 0 Å². The summed E-state index contributed by atoms with van der Waals surface area (Å²) in [5, 5.41) is 2.60. The fraction of sp³-hybridized carbons (Fsp3) is 0. The number of fused-ring (bicyclic) bond motifs is 7. The van der Waals surface area contributed by atoms with Crippen LogP contribution >= 0.6 is 0 Å². The molecule has 8 aromatic rings. The van der Waals surface area contributed by atoms with E-state index < -0.39 is 0 Å². The summed E-state index contributed by atoms with van der Waals surface area (Å²) < 4.78 is 2.65. The van der Waals surface area contributed by atoms with Crippen molar-refractivity contribution in [3.05, 3.63) is 164 Å². The summed E-state index contributed by atoms with van der Waals surface area (Å²) in [6.45, 7) is 0.130. The SMILES string of the molecule is c1ccc(-c2cc3c4c(c2)c2cc(N(c5ccccc5)c5ccccc5)cc5c2n4B(c2ccccc2-3)c2ccccc2-5)cc1. The first kappa shape index (κ1) is 24.6. The van der Waals surface area contributed by atoms with Crippen LogP contribution in [0.15, 0.2) is 164 Å². The molecule has 0 saturated carbocycles. The number of benzene rings is 7. The van der Waals surface area contributed by atoms with Gasteiger partial charge in [0.15, 0.2) is 0 Å². The van der Waals surface area contributed by atoms with E-state index in [2.05, 4.69) is 173 Å². The molecule has 2 aliphatic rings. The van der Waals surface area contributed by atoms with Crippen molar-refractivity contribution < 1.29 is 0 Å². The predicted octanol–water partition coefficient (Wildman–Crippen LogP) is 9.55. The number of hydrogen-bond acceptors (Lipinski definition) is 1. The number of hydrogen-bond donors (Lipinski definition) is 0. The van der Waals surface area contributed by atoms with E-state index in [1.807, 2.05) is 0 Å². The molecule has 3 heteroatoms. The highest BCUT2D eigenvalue weighted by molar-refractivity contribution is 6.88. The molecule has 2 aliphatic heterocycles. The normalized spacial score (nSPS) is 12.4. The van der Waals surface area contributed by atoms with Crippen molar-refractivity contribution in [1.82, 2.24) is 4.48 Å². The predicted molar refractivity (Wildman–Crippen MR) is 191 cm³/mol. The molecule has 1 aromatic heterocycles. The number of aromatic nitrogens is 1. The molecular formula is C42H27BN2.